The van der Waals surface area contributed by atoms with Crippen molar-refractivity contribution in [3.63, 3.8) is 0 Å². The van der Waals surface area contributed by atoms with Crippen molar-refractivity contribution in [2.24, 2.45) is 0 Å². The van der Waals surface area contributed by atoms with Gasteiger partial charge in [0.1, 0.15) is 11.5 Å². The number of ether oxygens (including phenoxy) is 1. The van der Waals surface area contributed by atoms with E-state index in [1.807, 2.05) is 48.5 Å². The Labute approximate surface area is 139 Å². The zero-order valence-electron chi connectivity index (χ0n) is 13.9. The Morgan fingerprint density at radius 3 is 1.39 bits per heavy atom. The van der Waals surface area contributed by atoms with Gasteiger partial charge in [0.25, 0.3) is 0 Å². The third-order valence-corrected chi connectivity index (χ3v) is 3.16. The maximum Gasteiger partial charge on any atom is 0.127 e. The molecule has 0 bridgehead atoms. The van der Waals surface area contributed by atoms with Gasteiger partial charge in [-0.2, -0.15) is 0 Å². The molecule has 2 aromatic rings. The minimum atomic E-state index is 0.816. The molecule has 23 heavy (non-hydrogen) atoms. The van der Waals surface area contributed by atoms with Crippen molar-refractivity contribution in [1.29, 1.82) is 0 Å². The van der Waals surface area contributed by atoms with Crippen LogP contribution in [0.1, 0.15) is 50.7 Å². The van der Waals surface area contributed by atoms with Gasteiger partial charge in [0.2, 0.25) is 0 Å². The molecule has 0 fully saturated rings. The fourth-order valence-corrected chi connectivity index (χ4v) is 1.93. The van der Waals surface area contributed by atoms with E-state index in [2.05, 4.69) is 37.5 Å². The first-order valence-corrected chi connectivity index (χ1v) is 8.17. The molecule has 0 unspecified atom stereocenters. The third kappa shape index (κ3) is 5.93. The molecule has 0 amide bonds. The van der Waals surface area contributed by atoms with E-state index in [-0.39, 0.29) is 0 Å². The SMILES string of the molecule is CCCC#Cc1ccc(Oc2ccc(C#CCCC)cc2)cc1. The first kappa shape index (κ1) is 16.7. The summed E-state index contributed by atoms with van der Waals surface area (Å²) in [5, 5.41) is 0. The minimum absolute atomic E-state index is 0.816. The average molecular weight is 302 g/mol. The Morgan fingerprint density at radius 1 is 0.652 bits per heavy atom. The molecule has 2 aromatic carbocycles. The van der Waals surface area contributed by atoms with Crippen LogP contribution < -0.4 is 4.74 Å². The smallest absolute Gasteiger partial charge is 0.127 e. The van der Waals surface area contributed by atoms with Gasteiger partial charge in [-0.15, -0.1) is 0 Å². The van der Waals surface area contributed by atoms with Crippen LogP contribution in [0.5, 0.6) is 11.5 Å². The van der Waals surface area contributed by atoms with E-state index in [9.17, 15) is 0 Å². The van der Waals surface area contributed by atoms with Crippen LogP contribution in [0.25, 0.3) is 0 Å². The Kier molecular flexibility index (Phi) is 6.83. The van der Waals surface area contributed by atoms with Crippen LogP contribution in [0.3, 0.4) is 0 Å². The van der Waals surface area contributed by atoms with Gasteiger partial charge < -0.3 is 4.74 Å². The molecular formula is C22H22O. The highest BCUT2D eigenvalue weighted by molar-refractivity contribution is 5.42. The highest BCUT2D eigenvalue weighted by Crippen LogP contribution is 2.21. The Hall–Kier alpha value is -2.64. The molecule has 0 aliphatic rings. The third-order valence-electron chi connectivity index (χ3n) is 3.16. The van der Waals surface area contributed by atoms with Crippen molar-refractivity contribution >= 4 is 0 Å². The van der Waals surface area contributed by atoms with Gasteiger partial charge in [0.15, 0.2) is 0 Å². The van der Waals surface area contributed by atoms with Gasteiger partial charge in [-0.1, -0.05) is 37.5 Å². The summed E-state index contributed by atoms with van der Waals surface area (Å²) in [7, 11) is 0. The molecule has 1 heteroatoms. The summed E-state index contributed by atoms with van der Waals surface area (Å²) in [5.74, 6) is 14.2. The van der Waals surface area contributed by atoms with Crippen molar-refractivity contribution in [3.05, 3.63) is 59.7 Å². The summed E-state index contributed by atoms with van der Waals surface area (Å²) in [6.45, 7) is 4.26. The summed E-state index contributed by atoms with van der Waals surface area (Å²) in [4.78, 5) is 0. The summed E-state index contributed by atoms with van der Waals surface area (Å²) in [6.07, 6.45) is 4.05. The highest BCUT2D eigenvalue weighted by atomic mass is 16.5. The molecule has 0 radical (unpaired) electrons. The second-order valence-electron chi connectivity index (χ2n) is 5.25. The molecule has 0 spiro atoms. The molecule has 0 saturated carbocycles. The fourth-order valence-electron chi connectivity index (χ4n) is 1.93. The predicted octanol–water partition coefficient (Wildman–Crippen LogP) is 5.78. The van der Waals surface area contributed by atoms with Crippen LogP contribution in [-0.2, 0) is 0 Å². The Morgan fingerprint density at radius 2 is 1.04 bits per heavy atom. The van der Waals surface area contributed by atoms with Crippen molar-refractivity contribution < 1.29 is 4.74 Å². The van der Waals surface area contributed by atoms with Gasteiger partial charge in [0.05, 0.1) is 0 Å². The monoisotopic (exact) mass is 302 g/mol. The van der Waals surface area contributed by atoms with E-state index >= 15 is 0 Å². The van der Waals surface area contributed by atoms with Crippen molar-refractivity contribution in [1.82, 2.24) is 0 Å². The lowest BCUT2D eigenvalue weighted by Gasteiger charge is -2.05. The number of hydrogen-bond donors (Lipinski definition) is 0. The maximum atomic E-state index is 5.84. The van der Waals surface area contributed by atoms with E-state index in [4.69, 9.17) is 4.74 Å². The second kappa shape index (κ2) is 9.39. The topological polar surface area (TPSA) is 9.23 Å². The molecule has 0 aliphatic heterocycles. The van der Waals surface area contributed by atoms with Crippen LogP contribution in [0.4, 0.5) is 0 Å². The highest BCUT2D eigenvalue weighted by Gasteiger charge is 1.97. The number of benzene rings is 2. The minimum Gasteiger partial charge on any atom is -0.457 e. The lowest BCUT2D eigenvalue weighted by Crippen LogP contribution is -1.85. The van der Waals surface area contributed by atoms with Crippen LogP contribution in [0, 0.1) is 23.7 Å². The van der Waals surface area contributed by atoms with Crippen LogP contribution in [-0.4, -0.2) is 0 Å². The van der Waals surface area contributed by atoms with Crippen molar-refractivity contribution in [3.8, 4) is 35.2 Å². The van der Waals surface area contributed by atoms with E-state index in [0.717, 1.165) is 48.3 Å². The first-order valence-electron chi connectivity index (χ1n) is 8.17. The standard InChI is InChI=1S/C22H22O/c1-3-5-7-9-19-11-15-21(16-12-19)23-22-17-13-20(14-18-22)10-8-6-4-2/h11-18H,3-6H2,1-2H3. The van der Waals surface area contributed by atoms with Gasteiger partial charge >= 0.3 is 0 Å². The Bertz CT molecular complexity index is 651. The van der Waals surface area contributed by atoms with Crippen LogP contribution in [0.2, 0.25) is 0 Å². The van der Waals surface area contributed by atoms with E-state index in [0.29, 0.717) is 0 Å². The Balaban J connectivity index is 1.97. The maximum absolute atomic E-state index is 5.84. The predicted molar refractivity (Wildman–Crippen MR) is 96.5 cm³/mol. The van der Waals surface area contributed by atoms with Crippen molar-refractivity contribution in [2.45, 2.75) is 39.5 Å². The fraction of sp³-hybridized carbons (Fsp3) is 0.273. The molecule has 0 atom stereocenters. The number of unbranched alkanes of at least 4 members (excludes halogenated alkanes) is 2. The quantitative estimate of drug-likeness (QED) is 0.650. The molecule has 2 rings (SSSR count). The molecular weight excluding hydrogens is 280 g/mol. The van der Waals surface area contributed by atoms with E-state index in [1.165, 1.54) is 0 Å². The molecule has 116 valence electrons. The zero-order chi connectivity index (χ0) is 16.3. The van der Waals surface area contributed by atoms with Crippen LogP contribution in [0.15, 0.2) is 48.5 Å². The second-order valence-corrected chi connectivity index (χ2v) is 5.25. The van der Waals surface area contributed by atoms with Gasteiger partial charge in [0, 0.05) is 24.0 Å². The van der Waals surface area contributed by atoms with Gasteiger partial charge in [-0.3, -0.25) is 0 Å². The summed E-state index contributed by atoms with van der Waals surface area (Å²) >= 11 is 0. The largest absolute Gasteiger partial charge is 0.457 e. The molecule has 0 aliphatic carbocycles. The summed E-state index contributed by atoms with van der Waals surface area (Å²) < 4.78 is 5.84. The normalized spacial score (nSPS) is 9.30. The van der Waals surface area contributed by atoms with Gasteiger partial charge in [-0.05, 0) is 61.4 Å². The first-order chi connectivity index (χ1) is 11.3. The number of hydrogen-bond acceptors (Lipinski definition) is 1. The van der Waals surface area contributed by atoms with Crippen molar-refractivity contribution in [2.75, 3.05) is 0 Å². The molecule has 0 aromatic heterocycles. The van der Waals surface area contributed by atoms with Crippen LogP contribution >= 0.6 is 0 Å². The average Bonchev–Trinajstić information content (AvgIpc) is 2.58. The molecule has 0 N–H and O–H groups in total. The number of rotatable bonds is 4. The molecule has 1 nitrogen and oxygen atoms in total. The lowest BCUT2D eigenvalue weighted by molar-refractivity contribution is 0.482. The van der Waals surface area contributed by atoms with E-state index < -0.39 is 0 Å². The van der Waals surface area contributed by atoms with E-state index in [1.54, 1.807) is 0 Å². The van der Waals surface area contributed by atoms with Gasteiger partial charge in [-0.25, -0.2) is 0 Å². The molecule has 0 saturated heterocycles. The molecule has 0 heterocycles. The summed E-state index contributed by atoms with van der Waals surface area (Å²) in [5.41, 5.74) is 2.04. The summed E-state index contributed by atoms with van der Waals surface area (Å²) in [6, 6.07) is 15.8. The lowest BCUT2D eigenvalue weighted by atomic mass is 10.2. The zero-order valence-corrected chi connectivity index (χ0v) is 13.9.